The first-order valence-corrected chi connectivity index (χ1v) is 10.7. The van der Waals surface area contributed by atoms with Crippen LogP contribution in [0.5, 0.6) is 0 Å². The molecule has 164 valence electrons. The minimum Gasteiger partial charge on any atom is -0.376 e. The number of hydrogen-bond acceptors (Lipinski definition) is 4. The average Bonchev–Trinajstić information content (AvgIpc) is 2.77. The maximum absolute atomic E-state index is 6.11. The number of guanidine groups is 1. The highest BCUT2D eigenvalue weighted by atomic mass is 127. The second kappa shape index (κ2) is 14.2. The van der Waals surface area contributed by atoms with E-state index in [9.17, 15) is 0 Å². The third kappa shape index (κ3) is 8.78. The first-order valence-electron chi connectivity index (χ1n) is 10.7. The number of halogens is 1. The molecule has 2 aliphatic rings. The standard InChI is InChI=1S/C22H35N3O3.HI/c1-23-22(24-12-16-26-17-19-7-3-2-4-8-19)25-13-10-20(11-14-25)28-18-21-9-5-6-15-27-21;/h2-4,7-8,20-21H,5-6,9-18H2,1H3,(H,23,24);1H. The molecule has 6 nitrogen and oxygen atoms in total. The lowest BCUT2D eigenvalue weighted by atomic mass is 10.1. The predicted octanol–water partition coefficient (Wildman–Crippen LogP) is 3.45. The lowest BCUT2D eigenvalue weighted by molar-refractivity contribution is -0.0721. The minimum atomic E-state index is 0. The number of aliphatic imine (C=N–C) groups is 1. The molecule has 1 N–H and O–H groups in total. The van der Waals surface area contributed by atoms with Crippen molar-refractivity contribution >= 4 is 29.9 Å². The van der Waals surface area contributed by atoms with Gasteiger partial charge in [0.15, 0.2) is 5.96 Å². The molecule has 1 aromatic rings. The molecule has 1 atom stereocenters. The number of nitrogens with one attached hydrogen (secondary N) is 1. The largest absolute Gasteiger partial charge is 0.376 e. The van der Waals surface area contributed by atoms with Crippen LogP contribution in [0.15, 0.2) is 35.3 Å². The van der Waals surface area contributed by atoms with Crippen molar-refractivity contribution in [2.75, 3.05) is 46.5 Å². The lowest BCUT2D eigenvalue weighted by Gasteiger charge is -2.35. The van der Waals surface area contributed by atoms with Crippen LogP contribution in [0, 0.1) is 0 Å². The Kier molecular flexibility index (Phi) is 11.9. The summed E-state index contributed by atoms with van der Waals surface area (Å²) in [6, 6.07) is 10.3. The highest BCUT2D eigenvalue weighted by molar-refractivity contribution is 14.0. The number of ether oxygens (including phenoxy) is 3. The van der Waals surface area contributed by atoms with Gasteiger partial charge >= 0.3 is 0 Å². The highest BCUT2D eigenvalue weighted by Gasteiger charge is 2.23. The smallest absolute Gasteiger partial charge is 0.193 e. The summed E-state index contributed by atoms with van der Waals surface area (Å²) in [5.74, 6) is 0.956. The SMILES string of the molecule is CN=C(NCCOCc1ccccc1)N1CCC(OCC2CCCCO2)CC1.I. The van der Waals surface area contributed by atoms with Crippen LogP contribution in [0.3, 0.4) is 0 Å². The maximum Gasteiger partial charge on any atom is 0.193 e. The van der Waals surface area contributed by atoms with Crippen molar-refractivity contribution in [1.29, 1.82) is 0 Å². The summed E-state index contributed by atoms with van der Waals surface area (Å²) in [4.78, 5) is 6.74. The molecule has 3 rings (SSSR count). The van der Waals surface area contributed by atoms with E-state index < -0.39 is 0 Å². The zero-order chi connectivity index (χ0) is 19.4. The first kappa shape index (κ1) is 24.4. The molecule has 0 saturated carbocycles. The molecule has 7 heteroatoms. The van der Waals surface area contributed by atoms with Crippen molar-refractivity contribution in [3.8, 4) is 0 Å². The van der Waals surface area contributed by atoms with Gasteiger partial charge in [-0.1, -0.05) is 30.3 Å². The fourth-order valence-electron chi connectivity index (χ4n) is 3.75. The van der Waals surface area contributed by atoms with Crippen LogP contribution < -0.4 is 5.32 Å². The van der Waals surface area contributed by atoms with Crippen LogP contribution in [0.1, 0.15) is 37.7 Å². The van der Waals surface area contributed by atoms with Gasteiger partial charge in [0, 0.05) is 33.3 Å². The van der Waals surface area contributed by atoms with Crippen molar-refractivity contribution in [3.05, 3.63) is 35.9 Å². The number of hydrogen-bond donors (Lipinski definition) is 1. The monoisotopic (exact) mass is 517 g/mol. The maximum atomic E-state index is 6.11. The van der Waals surface area contributed by atoms with E-state index in [1.165, 1.54) is 18.4 Å². The predicted molar refractivity (Wildman–Crippen MR) is 127 cm³/mol. The van der Waals surface area contributed by atoms with Crippen molar-refractivity contribution < 1.29 is 14.2 Å². The molecule has 1 aromatic carbocycles. The fourth-order valence-corrected chi connectivity index (χ4v) is 3.75. The molecular weight excluding hydrogens is 481 g/mol. The Labute approximate surface area is 192 Å². The van der Waals surface area contributed by atoms with Crippen LogP contribution in [0.25, 0.3) is 0 Å². The minimum absolute atomic E-state index is 0. The molecule has 2 fully saturated rings. The van der Waals surface area contributed by atoms with Gasteiger partial charge in [-0.3, -0.25) is 4.99 Å². The van der Waals surface area contributed by atoms with Gasteiger partial charge in [0.05, 0.1) is 32.0 Å². The second-order valence-electron chi connectivity index (χ2n) is 7.52. The van der Waals surface area contributed by atoms with E-state index in [1.807, 2.05) is 25.2 Å². The van der Waals surface area contributed by atoms with Crippen LogP contribution in [0.4, 0.5) is 0 Å². The summed E-state index contributed by atoms with van der Waals surface area (Å²) in [7, 11) is 1.84. The third-order valence-corrected chi connectivity index (χ3v) is 5.39. The van der Waals surface area contributed by atoms with Gasteiger partial charge in [-0.25, -0.2) is 0 Å². The molecule has 0 amide bonds. The first-order chi connectivity index (χ1) is 13.8. The number of nitrogens with zero attached hydrogens (tertiary/aromatic N) is 2. The lowest BCUT2D eigenvalue weighted by Crippen LogP contribution is -2.48. The van der Waals surface area contributed by atoms with E-state index >= 15 is 0 Å². The van der Waals surface area contributed by atoms with Crippen molar-refractivity contribution in [1.82, 2.24) is 10.2 Å². The van der Waals surface area contributed by atoms with Gasteiger partial charge in [0.25, 0.3) is 0 Å². The van der Waals surface area contributed by atoms with Crippen LogP contribution in [-0.2, 0) is 20.8 Å². The zero-order valence-corrected chi connectivity index (χ0v) is 19.9. The van der Waals surface area contributed by atoms with Crippen molar-refractivity contribution in [2.24, 2.45) is 4.99 Å². The third-order valence-electron chi connectivity index (χ3n) is 5.39. The quantitative estimate of drug-likeness (QED) is 0.248. The van der Waals surface area contributed by atoms with E-state index in [-0.39, 0.29) is 24.0 Å². The fraction of sp³-hybridized carbons (Fsp3) is 0.682. The Hall–Kier alpha value is -0.900. The summed E-state index contributed by atoms with van der Waals surface area (Å²) in [5.41, 5.74) is 1.20. The average molecular weight is 517 g/mol. The van der Waals surface area contributed by atoms with Crippen LogP contribution in [-0.4, -0.2) is 69.6 Å². The van der Waals surface area contributed by atoms with Crippen LogP contribution >= 0.6 is 24.0 Å². The van der Waals surface area contributed by atoms with Crippen LogP contribution in [0.2, 0.25) is 0 Å². The van der Waals surface area contributed by atoms with E-state index in [1.54, 1.807) is 0 Å². The van der Waals surface area contributed by atoms with E-state index in [0.717, 1.165) is 58.1 Å². The molecule has 0 spiro atoms. The van der Waals surface area contributed by atoms with Gasteiger partial charge < -0.3 is 24.4 Å². The molecule has 29 heavy (non-hydrogen) atoms. The Bertz CT molecular complexity index is 574. The molecular formula is C22H36IN3O3. The van der Waals surface area contributed by atoms with Gasteiger partial charge in [-0.05, 0) is 37.7 Å². The number of rotatable bonds is 8. The molecule has 1 unspecified atom stereocenters. The number of benzene rings is 1. The zero-order valence-electron chi connectivity index (χ0n) is 17.6. The summed E-state index contributed by atoms with van der Waals surface area (Å²) in [5, 5.41) is 3.41. The topological polar surface area (TPSA) is 55.3 Å². The Morgan fingerprint density at radius 1 is 1.17 bits per heavy atom. The normalized spacial score (nSPS) is 20.9. The van der Waals surface area contributed by atoms with Crippen molar-refractivity contribution in [2.45, 2.75) is 50.9 Å². The number of likely N-dealkylation sites (tertiary alicyclic amines) is 1. The molecule has 0 aromatic heterocycles. The summed E-state index contributed by atoms with van der Waals surface area (Å²) >= 11 is 0. The molecule has 2 heterocycles. The Morgan fingerprint density at radius 2 is 1.97 bits per heavy atom. The van der Waals surface area contributed by atoms with Gasteiger partial charge in [0.1, 0.15) is 0 Å². The van der Waals surface area contributed by atoms with E-state index in [0.29, 0.717) is 25.4 Å². The summed E-state index contributed by atoms with van der Waals surface area (Å²) in [6.07, 6.45) is 6.32. The molecule has 0 radical (unpaired) electrons. The molecule has 2 saturated heterocycles. The van der Waals surface area contributed by atoms with E-state index in [4.69, 9.17) is 14.2 Å². The van der Waals surface area contributed by atoms with Crippen molar-refractivity contribution in [3.63, 3.8) is 0 Å². The van der Waals surface area contributed by atoms with E-state index in [2.05, 4.69) is 27.3 Å². The van der Waals surface area contributed by atoms with Gasteiger partial charge in [0.2, 0.25) is 0 Å². The highest BCUT2D eigenvalue weighted by Crippen LogP contribution is 2.17. The molecule has 2 aliphatic heterocycles. The molecule has 0 bridgehead atoms. The summed E-state index contributed by atoms with van der Waals surface area (Å²) < 4.78 is 17.6. The molecule has 0 aliphatic carbocycles. The van der Waals surface area contributed by atoms with Gasteiger partial charge in [-0.15, -0.1) is 24.0 Å². The summed E-state index contributed by atoms with van der Waals surface area (Å²) in [6.45, 7) is 5.65. The Morgan fingerprint density at radius 3 is 2.66 bits per heavy atom. The second-order valence-corrected chi connectivity index (χ2v) is 7.52. The van der Waals surface area contributed by atoms with Gasteiger partial charge in [-0.2, -0.15) is 0 Å². The number of piperidine rings is 1. The Balaban J connectivity index is 0.00000300.